The summed E-state index contributed by atoms with van der Waals surface area (Å²) in [7, 11) is 0. The van der Waals surface area contributed by atoms with Gasteiger partial charge in [-0.2, -0.15) is 0 Å². The molecular formula is C21H30O5. The topological polar surface area (TPSA) is 87.0 Å². The highest BCUT2D eigenvalue weighted by Gasteiger charge is 2.84. The molecule has 4 aliphatic carbocycles. The summed E-state index contributed by atoms with van der Waals surface area (Å²) in [6, 6.07) is 0. The fourth-order valence-electron chi connectivity index (χ4n) is 8.12. The molecular weight excluding hydrogens is 332 g/mol. The molecule has 5 bridgehead atoms. The zero-order valence-electron chi connectivity index (χ0n) is 15.7. The number of rotatable bonds is 1. The summed E-state index contributed by atoms with van der Waals surface area (Å²) in [6.07, 6.45) is 2.84. The first kappa shape index (κ1) is 17.4. The van der Waals surface area contributed by atoms with Gasteiger partial charge in [-0.25, -0.2) is 0 Å². The van der Waals surface area contributed by atoms with Gasteiger partial charge in [-0.1, -0.05) is 26.8 Å². The summed E-state index contributed by atoms with van der Waals surface area (Å²) in [6.45, 7) is 8.64. The molecule has 1 saturated heterocycles. The first-order valence-corrected chi connectivity index (χ1v) is 10.2. The molecule has 0 aromatic rings. The Kier molecular flexibility index (Phi) is 3.21. The van der Waals surface area contributed by atoms with Crippen molar-refractivity contribution in [1.29, 1.82) is 0 Å². The van der Waals surface area contributed by atoms with Crippen molar-refractivity contribution < 1.29 is 24.9 Å². The molecule has 3 N–H and O–H groups in total. The van der Waals surface area contributed by atoms with Crippen LogP contribution in [0.5, 0.6) is 0 Å². The summed E-state index contributed by atoms with van der Waals surface area (Å²) in [5, 5.41) is 34.1. The molecule has 5 aliphatic rings. The van der Waals surface area contributed by atoms with Crippen LogP contribution in [0, 0.1) is 34.0 Å². The van der Waals surface area contributed by atoms with Crippen molar-refractivity contribution in [3.63, 3.8) is 0 Å². The monoisotopic (exact) mass is 362 g/mol. The quantitative estimate of drug-likeness (QED) is 0.619. The number of carbonyl (C=O) groups excluding carboxylic acids is 1. The second-order valence-corrected chi connectivity index (χ2v) is 9.87. The Balaban J connectivity index is 1.77. The lowest BCUT2D eigenvalue weighted by Gasteiger charge is -2.72. The molecule has 0 aromatic carbocycles. The highest BCUT2D eigenvalue weighted by molar-refractivity contribution is 6.05. The van der Waals surface area contributed by atoms with Gasteiger partial charge in [-0.3, -0.25) is 4.79 Å². The van der Waals surface area contributed by atoms with Gasteiger partial charge in [0.25, 0.3) is 0 Å². The number of carbonyl (C=O) groups is 1. The van der Waals surface area contributed by atoms with Crippen molar-refractivity contribution in [1.82, 2.24) is 0 Å². The Labute approximate surface area is 154 Å². The number of hydrogen-bond donors (Lipinski definition) is 3. The molecule has 1 aliphatic heterocycles. The maximum absolute atomic E-state index is 13.4. The van der Waals surface area contributed by atoms with Gasteiger partial charge in [0.05, 0.1) is 18.8 Å². The Morgan fingerprint density at radius 1 is 1.19 bits per heavy atom. The van der Waals surface area contributed by atoms with Crippen molar-refractivity contribution in [2.45, 2.75) is 70.4 Å². The van der Waals surface area contributed by atoms with Crippen LogP contribution in [0.3, 0.4) is 0 Å². The van der Waals surface area contributed by atoms with E-state index in [0.29, 0.717) is 24.8 Å². The van der Waals surface area contributed by atoms with E-state index in [4.69, 9.17) is 4.74 Å². The first-order chi connectivity index (χ1) is 12.2. The van der Waals surface area contributed by atoms with Gasteiger partial charge >= 0.3 is 0 Å². The minimum absolute atomic E-state index is 0.00382. The van der Waals surface area contributed by atoms with Crippen LogP contribution in [0.4, 0.5) is 0 Å². The van der Waals surface area contributed by atoms with Gasteiger partial charge < -0.3 is 20.1 Å². The van der Waals surface area contributed by atoms with Crippen LogP contribution in [-0.2, 0) is 9.53 Å². The second kappa shape index (κ2) is 4.80. The van der Waals surface area contributed by atoms with Crippen LogP contribution in [0.15, 0.2) is 12.2 Å². The molecule has 9 atom stereocenters. The lowest BCUT2D eigenvalue weighted by Crippen LogP contribution is -2.79. The highest BCUT2D eigenvalue weighted by atomic mass is 16.6. The van der Waals surface area contributed by atoms with Crippen LogP contribution in [-0.4, -0.2) is 45.7 Å². The molecule has 5 nitrogen and oxygen atoms in total. The second-order valence-electron chi connectivity index (χ2n) is 9.87. The van der Waals surface area contributed by atoms with Gasteiger partial charge in [0, 0.05) is 11.3 Å². The minimum Gasteiger partial charge on any atom is -0.392 e. The molecule has 0 amide bonds. The lowest BCUT2D eigenvalue weighted by molar-refractivity contribution is -0.412. The molecule has 5 rings (SSSR count). The van der Waals surface area contributed by atoms with E-state index in [2.05, 4.69) is 20.4 Å². The van der Waals surface area contributed by atoms with Crippen molar-refractivity contribution >= 4 is 5.78 Å². The molecule has 144 valence electrons. The van der Waals surface area contributed by atoms with Gasteiger partial charge in [0.1, 0.15) is 5.41 Å². The van der Waals surface area contributed by atoms with Crippen molar-refractivity contribution in [2.24, 2.45) is 34.0 Å². The highest BCUT2D eigenvalue weighted by Crippen LogP contribution is 2.76. The van der Waals surface area contributed by atoms with E-state index in [1.54, 1.807) is 0 Å². The van der Waals surface area contributed by atoms with Crippen molar-refractivity contribution in [3.8, 4) is 0 Å². The summed E-state index contributed by atoms with van der Waals surface area (Å²) in [5.41, 5.74) is -1.53. The number of Topliss-reactive ketones (excluding diaryl/α,β-unsaturated/α-hetero) is 1. The normalized spacial score (nSPS) is 60.7. The van der Waals surface area contributed by atoms with E-state index in [-0.39, 0.29) is 29.6 Å². The third kappa shape index (κ3) is 1.44. The maximum Gasteiger partial charge on any atom is 0.188 e. The first-order valence-electron chi connectivity index (χ1n) is 10.2. The van der Waals surface area contributed by atoms with E-state index in [1.165, 1.54) is 0 Å². The SMILES string of the molecule is C=C1C(=O)[C@]23[C@H](O)C[C@@H]4[C@@](C)(CC)CC[C@H](O)[C@]45CO[C@]2(O)[C@H]1CC[C@@H]53. The van der Waals surface area contributed by atoms with Gasteiger partial charge in [-0.15, -0.1) is 0 Å². The molecule has 1 heterocycles. The zero-order chi connectivity index (χ0) is 18.7. The van der Waals surface area contributed by atoms with E-state index in [9.17, 15) is 20.1 Å². The molecule has 0 aromatic heterocycles. The number of hydrogen-bond acceptors (Lipinski definition) is 5. The van der Waals surface area contributed by atoms with Gasteiger partial charge in [-0.05, 0) is 54.9 Å². The summed E-state index contributed by atoms with van der Waals surface area (Å²) < 4.78 is 6.11. The number of aliphatic hydroxyl groups excluding tert-OH is 2. The van der Waals surface area contributed by atoms with Gasteiger partial charge in [0.2, 0.25) is 0 Å². The average molecular weight is 362 g/mol. The predicted molar refractivity (Wildman–Crippen MR) is 93.9 cm³/mol. The molecule has 26 heavy (non-hydrogen) atoms. The van der Waals surface area contributed by atoms with E-state index in [0.717, 1.165) is 19.3 Å². The predicted octanol–water partition coefficient (Wildman–Crippen LogP) is 1.79. The van der Waals surface area contributed by atoms with Crippen LogP contribution in [0.2, 0.25) is 0 Å². The fourth-order valence-corrected chi connectivity index (χ4v) is 8.12. The van der Waals surface area contributed by atoms with E-state index < -0.39 is 34.7 Å². The van der Waals surface area contributed by atoms with Crippen LogP contribution in [0.1, 0.15) is 52.4 Å². The summed E-state index contributed by atoms with van der Waals surface area (Å²) >= 11 is 0. The maximum atomic E-state index is 13.4. The zero-order valence-corrected chi connectivity index (χ0v) is 15.7. The largest absolute Gasteiger partial charge is 0.392 e. The fraction of sp³-hybridized carbons (Fsp3) is 0.857. The molecule has 0 radical (unpaired) electrons. The van der Waals surface area contributed by atoms with Crippen molar-refractivity contribution in [2.75, 3.05) is 6.61 Å². The van der Waals surface area contributed by atoms with Crippen LogP contribution in [0.25, 0.3) is 0 Å². The number of ether oxygens (including phenoxy) is 1. The van der Waals surface area contributed by atoms with Gasteiger partial charge in [0.15, 0.2) is 11.6 Å². The Bertz CT molecular complexity index is 705. The third-order valence-corrected chi connectivity index (χ3v) is 9.53. The standard InChI is InChI=1S/C21H30O5/c1-4-18(3)8-7-15(22)19-10-26-21(25)12-5-6-13(19)20(21,17(24)11(12)2)16(23)9-14(18)19/h12-16,22-23,25H,2,4-10H2,1,3H3/t12-,13-,14+,15-,16+,18-,19-,20-,21+/m0/s1. The summed E-state index contributed by atoms with van der Waals surface area (Å²) in [5.74, 6) is -2.51. The Morgan fingerprint density at radius 3 is 2.62 bits per heavy atom. The summed E-state index contributed by atoms with van der Waals surface area (Å²) in [4.78, 5) is 13.4. The Morgan fingerprint density at radius 2 is 1.92 bits per heavy atom. The third-order valence-electron chi connectivity index (χ3n) is 9.53. The van der Waals surface area contributed by atoms with E-state index >= 15 is 0 Å². The Hall–Kier alpha value is -0.750. The van der Waals surface area contributed by atoms with Crippen LogP contribution >= 0.6 is 0 Å². The number of ketones is 1. The van der Waals surface area contributed by atoms with Crippen molar-refractivity contribution in [3.05, 3.63) is 12.2 Å². The van der Waals surface area contributed by atoms with Crippen LogP contribution < -0.4 is 0 Å². The average Bonchev–Trinajstić information content (AvgIpc) is 2.70. The van der Waals surface area contributed by atoms with E-state index in [1.807, 2.05) is 0 Å². The molecule has 5 heteroatoms. The molecule has 5 fully saturated rings. The molecule has 2 spiro atoms. The molecule has 4 saturated carbocycles. The number of aliphatic hydroxyl groups is 3. The molecule has 0 unspecified atom stereocenters. The smallest absolute Gasteiger partial charge is 0.188 e. The lowest BCUT2D eigenvalue weighted by atomic mass is 9.36. The minimum atomic E-state index is -1.67.